The van der Waals surface area contributed by atoms with E-state index in [1.807, 2.05) is 31.9 Å². The first-order valence-electron chi connectivity index (χ1n) is 5.48. The third-order valence-corrected chi connectivity index (χ3v) is 3.02. The number of halogens is 1. The molecule has 0 aliphatic carbocycles. The molecule has 0 aliphatic heterocycles. The average Bonchev–Trinajstić information content (AvgIpc) is 2.16. The predicted octanol–water partition coefficient (Wildman–Crippen LogP) is 2.67. The first kappa shape index (κ1) is 13.0. The molecule has 0 saturated heterocycles. The van der Waals surface area contributed by atoms with Crippen molar-refractivity contribution >= 4 is 5.69 Å². The van der Waals surface area contributed by atoms with Gasteiger partial charge in [-0.1, -0.05) is 19.9 Å². The normalized spacial score (nSPS) is 13.6. The quantitative estimate of drug-likeness (QED) is 0.851. The summed E-state index contributed by atoms with van der Waals surface area (Å²) in [7, 11) is 1.90. The molecule has 1 rings (SSSR count). The molecule has 0 heterocycles. The maximum absolute atomic E-state index is 13.0. The number of aliphatic hydroxyl groups excluding tert-OH is 1. The largest absolute Gasteiger partial charge is 0.393 e. The van der Waals surface area contributed by atoms with Crippen molar-refractivity contribution in [2.75, 3.05) is 18.5 Å². The second-order valence-corrected chi connectivity index (χ2v) is 5.00. The van der Waals surface area contributed by atoms with Crippen LogP contribution >= 0.6 is 0 Å². The van der Waals surface area contributed by atoms with Crippen molar-refractivity contribution in [3.05, 3.63) is 30.1 Å². The number of rotatable bonds is 4. The van der Waals surface area contributed by atoms with E-state index in [2.05, 4.69) is 0 Å². The monoisotopic (exact) mass is 225 g/mol. The fraction of sp³-hybridized carbons (Fsp3) is 0.538. The van der Waals surface area contributed by atoms with E-state index in [-0.39, 0.29) is 11.2 Å². The molecule has 1 aromatic carbocycles. The van der Waals surface area contributed by atoms with Gasteiger partial charge in [0, 0.05) is 24.7 Å². The lowest BCUT2D eigenvalue weighted by Gasteiger charge is -2.33. The molecule has 2 nitrogen and oxygen atoms in total. The van der Waals surface area contributed by atoms with Gasteiger partial charge >= 0.3 is 0 Å². The summed E-state index contributed by atoms with van der Waals surface area (Å²) in [5, 5.41) is 9.63. The minimum atomic E-state index is -0.400. The number of hydrogen-bond acceptors (Lipinski definition) is 2. The van der Waals surface area contributed by atoms with Gasteiger partial charge in [0.1, 0.15) is 5.82 Å². The Morgan fingerprint density at radius 2 is 2.06 bits per heavy atom. The Balaban J connectivity index is 2.76. The van der Waals surface area contributed by atoms with Gasteiger partial charge in [-0.2, -0.15) is 0 Å². The van der Waals surface area contributed by atoms with Gasteiger partial charge in [0.25, 0.3) is 0 Å². The zero-order chi connectivity index (χ0) is 12.3. The van der Waals surface area contributed by atoms with Gasteiger partial charge in [-0.05, 0) is 25.1 Å². The summed E-state index contributed by atoms with van der Waals surface area (Å²) in [6.07, 6.45) is -0.400. The molecule has 1 unspecified atom stereocenters. The maximum atomic E-state index is 13.0. The van der Waals surface area contributed by atoms with Crippen LogP contribution in [0.2, 0.25) is 0 Å². The zero-order valence-corrected chi connectivity index (χ0v) is 10.4. The minimum absolute atomic E-state index is 0.221. The molecular weight excluding hydrogens is 205 g/mol. The maximum Gasteiger partial charge on any atom is 0.125 e. The fourth-order valence-corrected chi connectivity index (χ4v) is 1.55. The smallest absolute Gasteiger partial charge is 0.125 e. The van der Waals surface area contributed by atoms with E-state index in [4.69, 9.17) is 0 Å². The standard InChI is InChI=1S/C13H20FNO/c1-10(16)13(2,3)9-15(4)12-7-5-6-11(14)8-12/h5-8,10,16H,9H2,1-4H3. The summed E-state index contributed by atoms with van der Waals surface area (Å²) in [4.78, 5) is 1.95. The summed E-state index contributed by atoms with van der Waals surface area (Å²) in [6, 6.07) is 6.48. The van der Waals surface area contributed by atoms with Crippen molar-refractivity contribution < 1.29 is 9.50 Å². The van der Waals surface area contributed by atoms with Gasteiger partial charge in [0.2, 0.25) is 0 Å². The summed E-state index contributed by atoms with van der Waals surface area (Å²) >= 11 is 0. The molecule has 16 heavy (non-hydrogen) atoms. The Kier molecular flexibility index (Phi) is 3.92. The van der Waals surface area contributed by atoms with Crippen molar-refractivity contribution in [3.8, 4) is 0 Å². The molecule has 1 atom stereocenters. The van der Waals surface area contributed by atoms with Crippen molar-refractivity contribution in [3.63, 3.8) is 0 Å². The van der Waals surface area contributed by atoms with Crippen LogP contribution in [-0.2, 0) is 0 Å². The summed E-state index contributed by atoms with van der Waals surface area (Å²) in [6.45, 7) is 6.44. The highest BCUT2D eigenvalue weighted by molar-refractivity contribution is 5.45. The molecule has 0 aliphatic rings. The summed E-state index contributed by atoms with van der Waals surface area (Å²) in [5.41, 5.74) is 0.606. The van der Waals surface area contributed by atoms with Crippen molar-refractivity contribution in [2.45, 2.75) is 26.9 Å². The molecular formula is C13H20FNO. The Hall–Kier alpha value is -1.09. The van der Waals surface area contributed by atoms with Gasteiger partial charge in [-0.15, -0.1) is 0 Å². The van der Waals surface area contributed by atoms with E-state index < -0.39 is 6.10 Å². The Morgan fingerprint density at radius 1 is 1.44 bits per heavy atom. The summed E-state index contributed by atoms with van der Waals surface area (Å²) in [5.74, 6) is -0.237. The third kappa shape index (κ3) is 3.20. The lowest BCUT2D eigenvalue weighted by Crippen LogP contribution is -2.38. The van der Waals surface area contributed by atoms with Gasteiger partial charge in [-0.3, -0.25) is 0 Å². The highest BCUT2D eigenvalue weighted by atomic mass is 19.1. The van der Waals surface area contributed by atoms with Crippen LogP contribution < -0.4 is 4.90 Å². The molecule has 0 saturated carbocycles. The average molecular weight is 225 g/mol. The van der Waals surface area contributed by atoms with Crippen LogP contribution in [-0.4, -0.2) is 24.8 Å². The molecule has 3 heteroatoms. The molecule has 0 aromatic heterocycles. The van der Waals surface area contributed by atoms with Gasteiger partial charge in [0.05, 0.1) is 6.10 Å². The van der Waals surface area contributed by atoms with Crippen molar-refractivity contribution in [1.82, 2.24) is 0 Å². The lowest BCUT2D eigenvalue weighted by atomic mass is 9.87. The first-order valence-corrected chi connectivity index (χ1v) is 5.48. The van der Waals surface area contributed by atoms with Crippen LogP contribution in [0.5, 0.6) is 0 Å². The van der Waals surface area contributed by atoms with Crippen LogP contribution in [0.1, 0.15) is 20.8 Å². The van der Waals surface area contributed by atoms with E-state index in [0.717, 1.165) is 5.69 Å². The van der Waals surface area contributed by atoms with E-state index in [9.17, 15) is 9.50 Å². The Bertz CT molecular complexity index is 350. The SMILES string of the molecule is CC(O)C(C)(C)CN(C)c1cccc(F)c1. The minimum Gasteiger partial charge on any atom is -0.393 e. The Morgan fingerprint density at radius 3 is 2.56 bits per heavy atom. The number of hydrogen-bond donors (Lipinski definition) is 1. The molecule has 0 amide bonds. The summed E-state index contributed by atoms with van der Waals surface area (Å²) < 4.78 is 13.0. The first-order chi connectivity index (χ1) is 7.33. The molecule has 1 N–H and O–H groups in total. The number of anilines is 1. The van der Waals surface area contributed by atoms with Crippen LogP contribution in [0.4, 0.5) is 10.1 Å². The highest BCUT2D eigenvalue weighted by Crippen LogP contribution is 2.24. The van der Waals surface area contributed by atoms with E-state index in [1.165, 1.54) is 12.1 Å². The predicted molar refractivity (Wildman–Crippen MR) is 65.1 cm³/mol. The molecule has 0 spiro atoms. The molecule has 0 radical (unpaired) electrons. The molecule has 0 bridgehead atoms. The van der Waals surface area contributed by atoms with Crippen LogP contribution in [0.15, 0.2) is 24.3 Å². The van der Waals surface area contributed by atoms with E-state index in [0.29, 0.717) is 6.54 Å². The zero-order valence-electron chi connectivity index (χ0n) is 10.4. The number of aliphatic hydroxyl groups is 1. The number of nitrogens with zero attached hydrogens (tertiary/aromatic N) is 1. The van der Waals surface area contributed by atoms with E-state index >= 15 is 0 Å². The Labute approximate surface area is 96.7 Å². The van der Waals surface area contributed by atoms with Crippen LogP contribution in [0.25, 0.3) is 0 Å². The lowest BCUT2D eigenvalue weighted by molar-refractivity contribution is 0.0718. The topological polar surface area (TPSA) is 23.5 Å². The van der Waals surface area contributed by atoms with E-state index in [1.54, 1.807) is 13.0 Å². The molecule has 90 valence electrons. The number of benzene rings is 1. The van der Waals surface area contributed by atoms with Gasteiger partial charge < -0.3 is 10.0 Å². The molecule has 0 fully saturated rings. The van der Waals surface area contributed by atoms with Gasteiger partial charge in [0.15, 0.2) is 0 Å². The molecule has 1 aromatic rings. The fourth-order valence-electron chi connectivity index (χ4n) is 1.55. The van der Waals surface area contributed by atoms with Crippen LogP contribution in [0.3, 0.4) is 0 Å². The second-order valence-electron chi connectivity index (χ2n) is 5.00. The third-order valence-electron chi connectivity index (χ3n) is 3.02. The highest BCUT2D eigenvalue weighted by Gasteiger charge is 2.25. The van der Waals surface area contributed by atoms with Crippen LogP contribution in [0, 0.1) is 11.2 Å². The van der Waals surface area contributed by atoms with Gasteiger partial charge in [-0.25, -0.2) is 4.39 Å². The van der Waals surface area contributed by atoms with Crippen molar-refractivity contribution in [1.29, 1.82) is 0 Å². The van der Waals surface area contributed by atoms with Crippen molar-refractivity contribution in [2.24, 2.45) is 5.41 Å². The second kappa shape index (κ2) is 4.83.